The van der Waals surface area contributed by atoms with Crippen molar-refractivity contribution in [3.05, 3.63) is 5.01 Å². The Hall–Kier alpha value is -1.11. The molecule has 6 heteroatoms. The van der Waals surface area contributed by atoms with E-state index < -0.39 is 0 Å². The molecule has 0 aliphatic carbocycles. The van der Waals surface area contributed by atoms with Crippen LogP contribution in [0, 0.1) is 35.5 Å². The summed E-state index contributed by atoms with van der Waals surface area (Å²) in [6, 6.07) is 4.25. The van der Waals surface area contributed by atoms with E-state index in [1.54, 1.807) is 0 Å². The van der Waals surface area contributed by atoms with Crippen LogP contribution in [0.15, 0.2) is 4.34 Å². The molecule has 0 amide bonds. The molecule has 0 N–H and O–H groups in total. The van der Waals surface area contributed by atoms with Gasteiger partial charge in [0.2, 0.25) is 0 Å². The molecule has 0 fully saturated rings. The van der Waals surface area contributed by atoms with E-state index in [-0.39, 0.29) is 5.92 Å². The molecule has 1 aromatic rings. The highest BCUT2D eigenvalue weighted by Crippen LogP contribution is 2.25. The van der Waals surface area contributed by atoms with Crippen LogP contribution in [0.4, 0.5) is 0 Å². The molecule has 0 saturated heterocycles. The van der Waals surface area contributed by atoms with Crippen molar-refractivity contribution in [2.24, 2.45) is 5.92 Å². The second kappa shape index (κ2) is 6.39. The Morgan fingerprint density at radius 2 is 2.27 bits per heavy atom. The van der Waals surface area contributed by atoms with E-state index in [9.17, 15) is 0 Å². The van der Waals surface area contributed by atoms with Gasteiger partial charge in [0, 0.05) is 12.2 Å². The van der Waals surface area contributed by atoms with Crippen LogP contribution in [0.5, 0.6) is 0 Å². The number of thioether (sulfide) groups is 1. The van der Waals surface area contributed by atoms with Gasteiger partial charge in [-0.3, -0.25) is 0 Å². The highest BCUT2D eigenvalue weighted by molar-refractivity contribution is 8.01. The van der Waals surface area contributed by atoms with Gasteiger partial charge in [0.25, 0.3) is 0 Å². The van der Waals surface area contributed by atoms with Crippen LogP contribution < -0.4 is 0 Å². The second-order valence-corrected chi connectivity index (χ2v) is 5.37. The summed E-state index contributed by atoms with van der Waals surface area (Å²) in [4.78, 5) is 0. The van der Waals surface area contributed by atoms with Gasteiger partial charge in [-0.05, 0) is 13.3 Å². The molecule has 0 saturated carbocycles. The summed E-state index contributed by atoms with van der Waals surface area (Å²) < 4.78 is 0.893. The highest BCUT2D eigenvalue weighted by atomic mass is 32.2. The van der Waals surface area contributed by atoms with Gasteiger partial charge in [-0.25, -0.2) is 0 Å². The lowest BCUT2D eigenvalue weighted by molar-refractivity contribution is 0.685. The van der Waals surface area contributed by atoms with Gasteiger partial charge in [-0.2, -0.15) is 10.5 Å². The Labute approximate surface area is 96.9 Å². The van der Waals surface area contributed by atoms with Crippen LogP contribution in [0.1, 0.15) is 17.8 Å². The third-order valence-corrected chi connectivity index (χ3v) is 3.84. The average molecular weight is 238 g/mol. The Morgan fingerprint density at radius 1 is 1.47 bits per heavy atom. The van der Waals surface area contributed by atoms with Crippen molar-refractivity contribution in [3.8, 4) is 12.1 Å². The minimum Gasteiger partial charge on any atom is -0.198 e. The molecule has 0 aromatic carbocycles. The summed E-state index contributed by atoms with van der Waals surface area (Å²) in [5, 5.41) is 26.0. The fourth-order valence-corrected chi connectivity index (χ4v) is 2.83. The first-order chi connectivity index (χ1) is 7.26. The van der Waals surface area contributed by atoms with Crippen molar-refractivity contribution >= 4 is 23.1 Å². The summed E-state index contributed by atoms with van der Waals surface area (Å²) in [5.74, 6) is 0.617. The number of aromatic nitrogens is 2. The zero-order valence-electron chi connectivity index (χ0n) is 8.30. The van der Waals surface area contributed by atoms with Crippen molar-refractivity contribution in [2.45, 2.75) is 24.1 Å². The SMILES string of the molecule is Cc1nnc(SC[C@H](C#N)CCC#N)s1. The maximum atomic E-state index is 8.83. The summed E-state index contributed by atoms with van der Waals surface area (Å²) in [6.07, 6.45) is 1.08. The smallest absolute Gasteiger partial charge is 0.174 e. The molecule has 78 valence electrons. The van der Waals surface area contributed by atoms with Crippen LogP contribution in [0.2, 0.25) is 0 Å². The summed E-state index contributed by atoms with van der Waals surface area (Å²) in [6.45, 7) is 1.90. The molecule has 0 bridgehead atoms. The molecule has 1 heterocycles. The van der Waals surface area contributed by atoms with Gasteiger partial charge < -0.3 is 0 Å². The summed E-state index contributed by atoms with van der Waals surface area (Å²) in [7, 11) is 0. The fraction of sp³-hybridized carbons (Fsp3) is 0.556. The zero-order chi connectivity index (χ0) is 11.1. The number of hydrogen-bond acceptors (Lipinski definition) is 6. The first-order valence-corrected chi connectivity index (χ1v) is 6.26. The largest absolute Gasteiger partial charge is 0.198 e. The highest BCUT2D eigenvalue weighted by Gasteiger charge is 2.09. The monoisotopic (exact) mass is 238 g/mol. The maximum absolute atomic E-state index is 8.83. The molecule has 1 aromatic heterocycles. The average Bonchev–Trinajstić information content (AvgIpc) is 2.65. The van der Waals surface area contributed by atoms with Crippen molar-refractivity contribution in [1.29, 1.82) is 10.5 Å². The van der Waals surface area contributed by atoms with E-state index in [4.69, 9.17) is 10.5 Å². The molecule has 0 aliphatic heterocycles. The van der Waals surface area contributed by atoms with E-state index in [1.165, 1.54) is 23.1 Å². The first kappa shape index (κ1) is 12.0. The Morgan fingerprint density at radius 3 is 2.80 bits per heavy atom. The molecule has 0 radical (unpaired) electrons. The Balaban J connectivity index is 2.35. The minimum absolute atomic E-state index is 0.0705. The molecule has 0 spiro atoms. The fourth-order valence-electron chi connectivity index (χ4n) is 0.933. The molecule has 0 unspecified atom stereocenters. The van der Waals surface area contributed by atoms with Crippen molar-refractivity contribution in [3.63, 3.8) is 0 Å². The topological polar surface area (TPSA) is 73.4 Å². The van der Waals surface area contributed by atoms with Crippen LogP contribution in [0.25, 0.3) is 0 Å². The van der Waals surface area contributed by atoms with Gasteiger partial charge in [-0.1, -0.05) is 23.1 Å². The van der Waals surface area contributed by atoms with Gasteiger partial charge in [-0.15, -0.1) is 10.2 Å². The van der Waals surface area contributed by atoms with Crippen LogP contribution in [-0.4, -0.2) is 16.0 Å². The predicted octanol–water partition coefficient (Wildman–Crippen LogP) is 2.38. The number of nitriles is 2. The lowest BCUT2D eigenvalue weighted by Gasteiger charge is -2.02. The number of hydrogen-bond donors (Lipinski definition) is 0. The van der Waals surface area contributed by atoms with E-state index in [1.807, 2.05) is 13.0 Å². The van der Waals surface area contributed by atoms with Gasteiger partial charge in [0.05, 0.1) is 18.1 Å². The number of aryl methyl sites for hydroxylation is 1. The molecular formula is C9H10N4S2. The van der Waals surface area contributed by atoms with Crippen LogP contribution in [0.3, 0.4) is 0 Å². The maximum Gasteiger partial charge on any atom is 0.174 e. The van der Waals surface area contributed by atoms with E-state index >= 15 is 0 Å². The van der Waals surface area contributed by atoms with E-state index in [2.05, 4.69) is 16.3 Å². The summed E-state index contributed by atoms with van der Waals surface area (Å²) in [5.41, 5.74) is 0. The third-order valence-electron chi connectivity index (χ3n) is 1.70. The molecule has 0 aliphatic rings. The predicted molar refractivity (Wildman–Crippen MR) is 59.3 cm³/mol. The van der Waals surface area contributed by atoms with Crippen molar-refractivity contribution in [2.75, 3.05) is 5.75 Å². The molecule has 4 nitrogen and oxygen atoms in total. The lowest BCUT2D eigenvalue weighted by atomic mass is 10.1. The Bertz CT molecular complexity index is 388. The third kappa shape index (κ3) is 4.28. The molecule has 15 heavy (non-hydrogen) atoms. The normalized spacial score (nSPS) is 11.7. The standard InChI is InChI=1S/C9H10N4S2/c1-7-12-13-9(15-7)14-6-8(5-11)3-2-4-10/h8H,2-3,6H2,1H3/t8-/m0/s1. The van der Waals surface area contributed by atoms with Gasteiger partial charge in [0.15, 0.2) is 4.34 Å². The van der Waals surface area contributed by atoms with Crippen LogP contribution in [-0.2, 0) is 0 Å². The molecular weight excluding hydrogens is 228 g/mol. The minimum atomic E-state index is -0.0705. The van der Waals surface area contributed by atoms with Gasteiger partial charge >= 0.3 is 0 Å². The lowest BCUT2D eigenvalue weighted by Crippen LogP contribution is -1.99. The zero-order valence-corrected chi connectivity index (χ0v) is 9.94. The molecule has 1 rings (SSSR count). The first-order valence-electron chi connectivity index (χ1n) is 4.45. The van der Waals surface area contributed by atoms with Crippen molar-refractivity contribution < 1.29 is 0 Å². The quantitative estimate of drug-likeness (QED) is 0.736. The number of nitrogens with zero attached hydrogens (tertiary/aromatic N) is 4. The van der Waals surface area contributed by atoms with E-state index in [0.717, 1.165) is 9.35 Å². The van der Waals surface area contributed by atoms with E-state index in [0.29, 0.717) is 18.6 Å². The summed E-state index contributed by atoms with van der Waals surface area (Å²) >= 11 is 3.07. The number of rotatable bonds is 5. The molecule has 1 atom stereocenters. The second-order valence-electron chi connectivity index (χ2n) is 2.92. The van der Waals surface area contributed by atoms with Crippen LogP contribution >= 0.6 is 23.1 Å². The van der Waals surface area contributed by atoms with Crippen molar-refractivity contribution in [1.82, 2.24) is 10.2 Å². The Kier molecular flexibility index (Phi) is 5.09. The van der Waals surface area contributed by atoms with Gasteiger partial charge in [0.1, 0.15) is 5.01 Å².